The van der Waals surface area contributed by atoms with Gasteiger partial charge in [-0.25, -0.2) is 9.37 Å². The number of fused-ring (bicyclic) bond motifs is 1. The van der Waals surface area contributed by atoms with Crippen LogP contribution in [0, 0.1) is 17.1 Å². The van der Waals surface area contributed by atoms with Gasteiger partial charge in [0.25, 0.3) is 0 Å². The number of anilines is 1. The lowest BCUT2D eigenvalue weighted by atomic mass is 9.96. The number of rotatable bonds is 4. The topological polar surface area (TPSA) is 65.8 Å². The third kappa shape index (κ3) is 3.54. The number of nitriles is 1. The molecule has 0 fully saturated rings. The maximum atomic E-state index is 13.2. The molecular formula is C22H18FN3OS. The monoisotopic (exact) mass is 391 g/mol. The van der Waals surface area contributed by atoms with Crippen molar-refractivity contribution < 1.29 is 9.18 Å². The highest BCUT2D eigenvalue weighted by atomic mass is 32.1. The first kappa shape index (κ1) is 18.3. The molecule has 1 heterocycles. The zero-order chi connectivity index (χ0) is 19.7. The molecular weight excluding hydrogens is 373 g/mol. The van der Waals surface area contributed by atoms with Crippen molar-refractivity contribution in [3.05, 3.63) is 70.0 Å². The number of carbonyl (C=O) groups is 1. The Labute approximate surface area is 166 Å². The molecule has 0 saturated carbocycles. The van der Waals surface area contributed by atoms with Crippen molar-refractivity contribution in [2.24, 2.45) is 0 Å². The van der Waals surface area contributed by atoms with Crippen molar-refractivity contribution in [1.82, 2.24) is 4.98 Å². The zero-order valence-corrected chi connectivity index (χ0v) is 16.1. The minimum absolute atomic E-state index is 0.0245. The molecule has 3 aromatic rings. The Kier molecular flexibility index (Phi) is 4.93. The van der Waals surface area contributed by atoms with E-state index in [2.05, 4.69) is 11.4 Å². The number of thiazole rings is 1. The molecule has 1 aromatic heterocycles. The summed E-state index contributed by atoms with van der Waals surface area (Å²) in [7, 11) is 0. The van der Waals surface area contributed by atoms with Gasteiger partial charge in [-0.3, -0.25) is 4.79 Å². The second-order valence-electron chi connectivity index (χ2n) is 6.85. The first-order chi connectivity index (χ1) is 13.5. The first-order valence-electron chi connectivity index (χ1n) is 9.12. The number of Topliss-reactive ketones (excluding diaryl/α,β-unsaturated/α-hetero) is 1. The Balaban J connectivity index is 1.67. The van der Waals surface area contributed by atoms with Crippen LogP contribution in [0.15, 0.2) is 42.5 Å². The molecule has 0 amide bonds. The molecule has 0 radical (unpaired) electrons. The maximum absolute atomic E-state index is 13.2. The largest absolute Gasteiger partial charge is 0.376 e. The molecule has 140 valence electrons. The third-order valence-corrected chi connectivity index (χ3v) is 6.10. The summed E-state index contributed by atoms with van der Waals surface area (Å²) in [6.45, 7) is 1.51. The number of nitrogens with one attached hydrogen (secondary N) is 1. The van der Waals surface area contributed by atoms with E-state index in [0.717, 1.165) is 35.5 Å². The molecule has 0 aliphatic heterocycles. The highest BCUT2D eigenvalue weighted by molar-refractivity contribution is 7.15. The van der Waals surface area contributed by atoms with Crippen LogP contribution >= 0.6 is 11.3 Å². The summed E-state index contributed by atoms with van der Waals surface area (Å²) >= 11 is 1.63. The molecule has 28 heavy (non-hydrogen) atoms. The Morgan fingerprint density at radius 1 is 1.29 bits per heavy atom. The molecule has 4 rings (SSSR count). The van der Waals surface area contributed by atoms with Crippen LogP contribution in [-0.4, -0.2) is 10.8 Å². The van der Waals surface area contributed by atoms with Gasteiger partial charge in [-0.2, -0.15) is 5.26 Å². The van der Waals surface area contributed by atoms with E-state index in [0.29, 0.717) is 16.8 Å². The molecule has 1 unspecified atom stereocenters. The fraction of sp³-hybridized carbons (Fsp3) is 0.227. The number of hydrogen-bond acceptors (Lipinski definition) is 5. The standard InChI is InChI=1S/C22H18FN3OS/c1-13(27)15-5-6-16(12-24)19(11-15)25-18-3-2-4-20-21(18)26-22(28-20)14-7-9-17(23)10-8-14/h5-11,18,25H,2-4H2,1H3. The lowest BCUT2D eigenvalue weighted by Crippen LogP contribution is -2.17. The van der Waals surface area contributed by atoms with Crippen LogP contribution in [0.3, 0.4) is 0 Å². The minimum atomic E-state index is -0.265. The van der Waals surface area contributed by atoms with Crippen LogP contribution < -0.4 is 5.32 Å². The summed E-state index contributed by atoms with van der Waals surface area (Å²) in [6, 6.07) is 13.6. The smallest absolute Gasteiger partial charge is 0.159 e. The van der Waals surface area contributed by atoms with Crippen molar-refractivity contribution in [3.8, 4) is 16.6 Å². The predicted molar refractivity (Wildman–Crippen MR) is 108 cm³/mol. The van der Waals surface area contributed by atoms with Crippen LogP contribution in [0.4, 0.5) is 10.1 Å². The maximum Gasteiger partial charge on any atom is 0.159 e. The lowest BCUT2D eigenvalue weighted by molar-refractivity contribution is 0.101. The molecule has 1 N–H and O–H groups in total. The summed E-state index contributed by atoms with van der Waals surface area (Å²) in [5.41, 5.74) is 3.61. The Morgan fingerprint density at radius 2 is 2.07 bits per heavy atom. The van der Waals surface area contributed by atoms with Crippen LogP contribution in [-0.2, 0) is 6.42 Å². The van der Waals surface area contributed by atoms with Crippen molar-refractivity contribution in [2.45, 2.75) is 32.2 Å². The molecule has 1 aliphatic carbocycles. The highest BCUT2D eigenvalue weighted by Gasteiger charge is 2.26. The molecule has 0 spiro atoms. The number of aromatic nitrogens is 1. The van der Waals surface area contributed by atoms with Gasteiger partial charge in [0.05, 0.1) is 23.0 Å². The number of ketones is 1. The molecule has 6 heteroatoms. The number of nitrogens with zero attached hydrogens (tertiary/aromatic N) is 2. The number of benzene rings is 2. The number of halogens is 1. The highest BCUT2D eigenvalue weighted by Crippen LogP contribution is 2.39. The summed E-state index contributed by atoms with van der Waals surface area (Å²) in [5.74, 6) is -0.303. The zero-order valence-electron chi connectivity index (χ0n) is 15.3. The summed E-state index contributed by atoms with van der Waals surface area (Å²) in [6.07, 6.45) is 2.88. The van der Waals surface area contributed by atoms with Gasteiger partial charge >= 0.3 is 0 Å². The molecule has 0 bridgehead atoms. The van der Waals surface area contributed by atoms with E-state index in [-0.39, 0.29) is 17.6 Å². The molecule has 4 nitrogen and oxygen atoms in total. The quantitative estimate of drug-likeness (QED) is 0.595. The molecule has 2 aromatic carbocycles. The van der Waals surface area contributed by atoms with Gasteiger partial charge in [-0.15, -0.1) is 11.3 Å². The third-order valence-electron chi connectivity index (χ3n) is 4.92. The average molecular weight is 391 g/mol. The Hall–Kier alpha value is -3.04. The van der Waals surface area contributed by atoms with E-state index < -0.39 is 0 Å². The minimum Gasteiger partial charge on any atom is -0.376 e. The van der Waals surface area contributed by atoms with Crippen LogP contribution in [0.5, 0.6) is 0 Å². The number of aryl methyl sites for hydroxylation is 1. The normalized spacial score (nSPS) is 15.5. The van der Waals surface area contributed by atoms with Crippen LogP contribution in [0.2, 0.25) is 0 Å². The first-order valence-corrected chi connectivity index (χ1v) is 9.94. The second-order valence-corrected chi connectivity index (χ2v) is 7.94. The fourth-order valence-corrected chi connectivity index (χ4v) is 4.61. The SMILES string of the molecule is CC(=O)c1ccc(C#N)c(NC2CCCc3sc(-c4ccc(F)cc4)nc32)c1. The average Bonchev–Trinajstić information content (AvgIpc) is 3.13. The van der Waals surface area contributed by atoms with E-state index in [1.54, 1.807) is 41.7 Å². The van der Waals surface area contributed by atoms with Gasteiger partial charge in [-0.1, -0.05) is 0 Å². The lowest BCUT2D eigenvalue weighted by Gasteiger charge is -2.24. The fourth-order valence-electron chi connectivity index (χ4n) is 3.44. The summed E-state index contributed by atoms with van der Waals surface area (Å²) in [4.78, 5) is 17.8. The van der Waals surface area contributed by atoms with Gasteiger partial charge in [0, 0.05) is 16.0 Å². The number of hydrogen-bond donors (Lipinski definition) is 1. The summed E-state index contributed by atoms with van der Waals surface area (Å²) < 4.78 is 13.2. The van der Waals surface area contributed by atoms with Gasteiger partial charge in [0.1, 0.15) is 16.9 Å². The van der Waals surface area contributed by atoms with Crippen molar-refractivity contribution >= 4 is 22.8 Å². The van der Waals surface area contributed by atoms with E-state index in [1.807, 2.05) is 0 Å². The predicted octanol–water partition coefficient (Wildman–Crippen LogP) is 5.51. The number of carbonyl (C=O) groups excluding carboxylic acids is 1. The van der Waals surface area contributed by atoms with Gasteiger partial charge in [0.2, 0.25) is 0 Å². The summed E-state index contributed by atoms with van der Waals surface area (Å²) in [5, 5.41) is 13.7. The van der Waals surface area contributed by atoms with Crippen LogP contribution in [0.1, 0.15) is 52.3 Å². The van der Waals surface area contributed by atoms with E-state index in [9.17, 15) is 14.4 Å². The van der Waals surface area contributed by atoms with Gasteiger partial charge in [0.15, 0.2) is 5.78 Å². The van der Waals surface area contributed by atoms with Gasteiger partial charge in [-0.05, 0) is 68.7 Å². The van der Waals surface area contributed by atoms with E-state index in [4.69, 9.17) is 4.98 Å². The molecule has 1 aliphatic rings. The Bertz CT molecular complexity index is 1080. The van der Waals surface area contributed by atoms with E-state index in [1.165, 1.54) is 23.9 Å². The van der Waals surface area contributed by atoms with Crippen molar-refractivity contribution in [1.29, 1.82) is 5.26 Å². The molecule has 0 saturated heterocycles. The molecule has 1 atom stereocenters. The van der Waals surface area contributed by atoms with Crippen molar-refractivity contribution in [3.63, 3.8) is 0 Å². The van der Waals surface area contributed by atoms with Crippen molar-refractivity contribution in [2.75, 3.05) is 5.32 Å². The van der Waals surface area contributed by atoms with E-state index >= 15 is 0 Å². The van der Waals surface area contributed by atoms with Gasteiger partial charge < -0.3 is 5.32 Å². The van der Waals surface area contributed by atoms with Crippen LogP contribution in [0.25, 0.3) is 10.6 Å². The Morgan fingerprint density at radius 3 is 2.79 bits per heavy atom. The second kappa shape index (κ2) is 7.53.